The molecule has 2 aromatic rings. The molecule has 134 valence electrons. The second kappa shape index (κ2) is 3.51. The Hall–Kier alpha value is -2.76. The second-order valence-electron chi connectivity index (χ2n) is 8.97. The lowest BCUT2D eigenvalue weighted by Gasteiger charge is -2.47. The number of methoxy groups -OCH3 is 1. The van der Waals surface area contributed by atoms with E-state index in [2.05, 4.69) is 18.2 Å². The van der Waals surface area contributed by atoms with E-state index in [0.29, 0.717) is 29.4 Å². The average Bonchev–Trinajstić information content (AvgIpc) is 3.46. The summed E-state index contributed by atoms with van der Waals surface area (Å²) >= 11 is 0. The van der Waals surface area contributed by atoms with Crippen molar-refractivity contribution in [3.8, 4) is 5.69 Å². The highest BCUT2D eigenvalue weighted by Crippen LogP contribution is 3.03. The van der Waals surface area contributed by atoms with E-state index in [1.807, 2.05) is 39.7 Å². The summed E-state index contributed by atoms with van der Waals surface area (Å²) < 4.78 is 10.5. The predicted molar refractivity (Wildman–Crippen MR) is 95.4 cm³/mol. The fourth-order valence-corrected chi connectivity index (χ4v) is 8.21. The van der Waals surface area contributed by atoms with Crippen molar-refractivity contribution in [1.82, 2.24) is 13.9 Å². The van der Waals surface area contributed by atoms with Gasteiger partial charge in [0.25, 0.3) is 0 Å². The highest BCUT2D eigenvalue weighted by Gasteiger charge is 3.02. The van der Waals surface area contributed by atoms with E-state index in [1.165, 1.54) is 4.57 Å². The van der Waals surface area contributed by atoms with E-state index in [4.69, 9.17) is 4.74 Å². The van der Waals surface area contributed by atoms with Gasteiger partial charge in [-0.25, -0.2) is 23.5 Å². The third kappa shape index (κ3) is 0.984. The van der Waals surface area contributed by atoms with Crippen molar-refractivity contribution < 1.29 is 4.74 Å². The Kier molecular flexibility index (Phi) is 1.74. The van der Waals surface area contributed by atoms with Gasteiger partial charge in [0.2, 0.25) is 0 Å². The lowest BCUT2D eigenvalue weighted by molar-refractivity contribution is 0.0417. The quantitative estimate of drug-likeness (QED) is 0.816. The number of benzene rings is 1. The minimum Gasteiger partial charge on any atom is -0.497 e. The van der Waals surface area contributed by atoms with Crippen LogP contribution in [0, 0.1) is 34.5 Å². The smallest absolute Gasteiger partial charge is 0.352 e. The Bertz CT molecular complexity index is 1260. The third-order valence-corrected chi connectivity index (χ3v) is 8.67. The number of ether oxygens (including phenoxy) is 1. The van der Waals surface area contributed by atoms with Crippen LogP contribution >= 0.6 is 0 Å². The molecule has 2 bridgehead atoms. The average molecular weight is 359 g/mol. The molecular weight excluding hydrogens is 342 g/mol. The molecule has 1 aromatic carbocycles. The lowest BCUT2D eigenvalue weighted by Crippen LogP contribution is -2.52. The highest BCUT2D eigenvalue weighted by atomic mass is 16.5. The summed E-state index contributed by atoms with van der Waals surface area (Å²) in [6.45, 7) is 0. The van der Waals surface area contributed by atoms with Gasteiger partial charge in [0.05, 0.1) is 24.9 Å². The number of rotatable bonds is 2. The normalized spacial score (nSPS) is 47.4. The Morgan fingerprint density at radius 3 is 2.26 bits per heavy atom. The Morgan fingerprint density at radius 1 is 0.926 bits per heavy atom. The van der Waals surface area contributed by atoms with Gasteiger partial charge >= 0.3 is 11.4 Å². The molecule has 5 aliphatic carbocycles. The van der Waals surface area contributed by atoms with Gasteiger partial charge in [-0.15, -0.1) is 0 Å². The maximum absolute atomic E-state index is 13.4. The van der Waals surface area contributed by atoms with Crippen molar-refractivity contribution in [1.29, 1.82) is 0 Å². The Balaban J connectivity index is 1.46. The molecule has 6 heteroatoms. The minimum absolute atomic E-state index is 0.0168. The Morgan fingerprint density at radius 2 is 1.59 bits per heavy atom. The van der Waals surface area contributed by atoms with Gasteiger partial charge in [-0.05, 0) is 48.0 Å². The maximum atomic E-state index is 13.4. The van der Waals surface area contributed by atoms with E-state index >= 15 is 0 Å². The Labute approximate surface area is 154 Å². The molecule has 0 amide bonds. The molecule has 3 heterocycles. The number of allylic oxidation sites excluding steroid dienone is 3. The summed E-state index contributed by atoms with van der Waals surface area (Å²) in [5, 5.41) is 0. The number of hydrogen-bond acceptors (Lipinski definition) is 3. The summed E-state index contributed by atoms with van der Waals surface area (Å²) in [4.78, 5) is 26.8. The summed E-state index contributed by atoms with van der Waals surface area (Å²) in [5.74, 6) is 3.23. The number of para-hydroxylation sites is 1. The maximum Gasteiger partial charge on any atom is 0.352 e. The van der Waals surface area contributed by atoms with Gasteiger partial charge in [0.15, 0.2) is 0 Å². The highest BCUT2D eigenvalue weighted by molar-refractivity contribution is 5.58. The van der Waals surface area contributed by atoms with Gasteiger partial charge in [-0.1, -0.05) is 24.3 Å². The van der Waals surface area contributed by atoms with Crippen molar-refractivity contribution in [2.45, 2.75) is 12.1 Å². The van der Waals surface area contributed by atoms with Gasteiger partial charge < -0.3 is 4.74 Å². The summed E-state index contributed by atoms with van der Waals surface area (Å²) in [6.07, 6.45) is 6.65. The zero-order valence-corrected chi connectivity index (χ0v) is 14.6. The van der Waals surface area contributed by atoms with E-state index in [1.54, 1.807) is 7.11 Å². The summed E-state index contributed by atoms with van der Waals surface area (Å²) in [6, 6.07) is 9.48. The molecule has 1 aromatic heterocycles. The predicted octanol–water partition coefficient (Wildman–Crippen LogP) is 1.49. The van der Waals surface area contributed by atoms with Gasteiger partial charge in [-0.2, -0.15) is 0 Å². The van der Waals surface area contributed by atoms with E-state index in [-0.39, 0.29) is 34.3 Å². The largest absolute Gasteiger partial charge is 0.497 e. The first-order valence-corrected chi connectivity index (χ1v) is 9.66. The van der Waals surface area contributed by atoms with Gasteiger partial charge in [0, 0.05) is 10.8 Å². The molecule has 0 N–H and O–H groups in total. The van der Waals surface area contributed by atoms with Crippen LogP contribution in [-0.4, -0.2) is 21.0 Å². The van der Waals surface area contributed by atoms with E-state index in [9.17, 15) is 9.59 Å². The number of nitrogens with zero attached hydrogens (tertiary/aromatic N) is 3. The van der Waals surface area contributed by atoms with Crippen LogP contribution in [0.4, 0.5) is 0 Å². The van der Waals surface area contributed by atoms with Crippen molar-refractivity contribution >= 4 is 0 Å². The first kappa shape index (κ1) is 13.4. The molecule has 4 saturated carbocycles. The molecule has 6 nitrogen and oxygen atoms in total. The third-order valence-electron chi connectivity index (χ3n) is 8.67. The fourth-order valence-electron chi connectivity index (χ4n) is 8.21. The van der Waals surface area contributed by atoms with Crippen molar-refractivity contribution in [2.24, 2.45) is 34.5 Å². The summed E-state index contributed by atoms with van der Waals surface area (Å²) in [7, 11) is 1.70. The van der Waals surface area contributed by atoms with Gasteiger partial charge in [0.1, 0.15) is 5.76 Å². The molecule has 2 spiro atoms. The van der Waals surface area contributed by atoms with Crippen LogP contribution < -0.4 is 11.4 Å². The van der Waals surface area contributed by atoms with E-state index < -0.39 is 0 Å². The molecule has 8 atom stereocenters. The van der Waals surface area contributed by atoms with Crippen LogP contribution in [0.5, 0.6) is 0 Å². The topological polar surface area (TPSA) is 58.2 Å². The van der Waals surface area contributed by atoms with Crippen LogP contribution in [0.15, 0.2) is 63.9 Å². The SMILES string of the molecule is COC1=C[C@]23[C@H]4[C@@H]5[C@@H]6[C@H]5[C@@H]2n2c(=O)n(-c5ccccc5)c(=O)n2[C@@H]6[C@]43C=C1. The molecule has 0 radical (unpaired) electrons. The van der Waals surface area contributed by atoms with Crippen LogP contribution in [0.25, 0.3) is 5.69 Å². The molecule has 9 rings (SSSR count). The number of aromatic nitrogens is 3. The summed E-state index contributed by atoms with van der Waals surface area (Å²) in [5.41, 5.74) is 0.264. The van der Waals surface area contributed by atoms with Crippen LogP contribution in [0.3, 0.4) is 0 Å². The monoisotopic (exact) mass is 359 g/mol. The number of hydrogen-bond donors (Lipinski definition) is 0. The molecule has 0 unspecified atom stereocenters. The first-order valence-electron chi connectivity index (χ1n) is 9.66. The van der Waals surface area contributed by atoms with Gasteiger partial charge in [-0.3, -0.25) is 0 Å². The van der Waals surface area contributed by atoms with Crippen molar-refractivity contribution in [3.05, 3.63) is 75.3 Å². The molecular formula is C21H17N3O3. The van der Waals surface area contributed by atoms with Crippen LogP contribution in [0.1, 0.15) is 12.1 Å². The second-order valence-corrected chi connectivity index (χ2v) is 8.97. The lowest BCUT2D eigenvalue weighted by atomic mass is 9.69. The molecule has 27 heavy (non-hydrogen) atoms. The molecule has 0 saturated heterocycles. The zero-order valence-electron chi connectivity index (χ0n) is 14.6. The molecule has 7 aliphatic rings. The standard InChI is InChI=1S/C21H17N3O3/c1-27-11-7-8-20-15-12-13-14(12)17(21(15,20)9-11)24-19(26)22(10-5-3-2-4-6-10)18(25)23(24)16(13)20/h2-9,12-17H,1H3/t12-,13-,14+,15+,16+,17+,20+,21+/m1/s1. The van der Waals surface area contributed by atoms with Crippen molar-refractivity contribution in [2.75, 3.05) is 7.11 Å². The molecule has 2 aliphatic heterocycles. The first-order chi connectivity index (χ1) is 13.2. The molecule has 4 fully saturated rings. The fraction of sp³-hybridized carbons (Fsp3) is 0.429. The van der Waals surface area contributed by atoms with Crippen LogP contribution in [-0.2, 0) is 4.74 Å². The minimum atomic E-state index is -0.192. The zero-order chi connectivity index (χ0) is 17.9. The van der Waals surface area contributed by atoms with Crippen LogP contribution in [0.2, 0.25) is 0 Å². The van der Waals surface area contributed by atoms with E-state index in [0.717, 1.165) is 5.76 Å². The van der Waals surface area contributed by atoms with Crippen molar-refractivity contribution in [3.63, 3.8) is 0 Å².